The van der Waals surface area contributed by atoms with Gasteiger partial charge in [0.05, 0.1) is 5.69 Å². The van der Waals surface area contributed by atoms with Crippen LogP contribution in [-0.4, -0.2) is 14.3 Å². The molecule has 1 aromatic carbocycles. The number of nitrogens with one attached hydrogen (secondary N) is 1. The Labute approximate surface area is 114 Å². The fraction of sp³-hybridized carbons (Fsp3) is 0.462. The van der Waals surface area contributed by atoms with Crippen LogP contribution < -0.4 is 10.5 Å². The summed E-state index contributed by atoms with van der Waals surface area (Å²) in [5.41, 5.74) is 0.241. The van der Waals surface area contributed by atoms with E-state index in [1.807, 2.05) is 0 Å². The molecular weight excluding hydrogens is 264 g/mol. The van der Waals surface area contributed by atoms with E-state index in [4.69, 9.17) is 5.14 Å². The van der Waals surface area contributed by atoms with E-state index in [0.29, 0.717) is 6.42 Å². The number of sulfonamides is 1. The third-order valence-corrected chi connectivity index (χ3v) is 3.69. The molecule has 0 unspecified atom stereocenters. The van der Waals surface area contributed by atoms with Crippen molar-refractivity contribution < 1.29 is 13.2 Å². The van der Waals surface area contributed by atoms with Crippen LogP contribution >= 0.6 is 0 Å². The number of benzene rings is 1. The second kappa shape index (κ2) is 7.25. The Morgan fingerprint density at radius 2 is 1.89 bits per heavy atom. The summed E-state index contributed by atoms with van der Waals surface area (Å²) in [6, 6.07) is 6.13. The molecular formula is C13H20N2O3S. The summed E-state index contributed by atoms with van der Waals surface area (Å²) in [7, 11) is -3.82. The molecule has 0 aliphatic rings. The maximum Gasteiger partial charge on any atom is 0.240 e. The van der Waals surface area contributed by atoms with E-state index in [9.17, 15) is 13.2 Å². The Hall–Kier alpha value is -1.40. The second-order valence-corrected chi connectivity index (χ2v) is 5.93. The van der Waals surface area contributed by atoms with Gasteiger partial charge in [0.25, 0.3) is 0 Å². The fourth-order valence-corrected chi connectivity index (χ4v) is 2.44. The van der Waals surface area contributed by atoms with Gasteiger partial charge in [0.15, 0.2) is 0 Å². The predicted molar refractivity (Wildman–Crippen MR) is 75.2 cm³/mol. The highest BCUT2D eigenvalue weighted by Crippen LogP contribution is 2.19. The van der Waals surface area contributed by atoms with Crippen LogP contribution in [0, 0.1) is 0 Å². The van der Waals surface area contributed by atoms with E-state index < -0.39 is 10.0 Å². The highest BCUT2D eigenvalue weighted by atomic mass is 32.2. The summed E-state index contributed by atoms with van der Waals surface area (Å²) in [6.45, 7) is 2.10. The molecule has 0 aliphatic heterocycles. The van der Waals surface area contributed by atoms with Gasteiger partial charge in [-0.05, 0) is 18.6 Å². The molecule has 6 heteroatoms. The minimum atomic E-state index is -3.82. The minimum Gasteiger partial charge on any atom is -0.325 e. The molecule has 5 nitrogen and oxygen atoms in total. The average molecular weight is 284 g/mol. The molecule has 3 N–H and O–H groups in total. The number of primary sulfonamides is 1. The lowest BCUT2D eigenvalue weighted by Crippen LogP contribution is -2.18. The van der Waals surface area contributed by atoms with Crippen LogP contribution in [-0.2, 0) is 14.8 Å². The van der Waals surface area contributed by atoms with Gasteiger partial charge in [-0.15, -0.1) is 0 Å². The van der Waals surface area contributed by atoms with Crippen molar-refractivity contribution in [3.63, 3.8) is 0 Å². The summed E-state index contributed by atoms with van der Waals surface area (Å²) < 4.78 is 22.7. The SMILES string of the molecule is CCCCCCC(=O)Nc1ccccc1S(N)(=O)=O. The molecule has 0 saturated carbocycles. The number of hydrogen-bond acceptors (Lipinski definition) is 3. The maximum absolute atomic E-state index is 11.7. The summed E-state index contributed by atoms with van der Waals surface area (Å²) in [6.07, 6.45) is 4.40. The predicted octanol–water partition coefficient (Wildman–Crippen LogP) is 2.24. The van der Waals surface area contributed by atoms with Crippen molar-refractivity contribution in [1.82, 2.24) is 0 Å². The number of unbranched alkanes of at least 4 members (excludes halogenated alkanes) is 3. The first-order valence-electron chi connectivity index (χ1n) is 6.37. The lowest BCUT2D eigenvalue weighted by Gasteiger charge is -2.09. The zero-order chi connectivity index (χ0) is 14.3. The Morgan fingerprint density at radius 3 is 2.53 bits per heavy atom. The Bertz CT molecular complexity index is 526. The highest BCUT2D eigenvalue weighted by Gasteiger charge is 2.14. The summed E-state index contributed by atoms with van der Waals surface area (Å²) in [5.74, 6) is -0.188. The monoisotopic (exact) mass is 284 g/mol. The highest BCUT2D eigenvalue weighted by molar-refractivity contribution is 7.89. The molecule has 0 bridgehead atoms. The van der Waals surface area contributed by atoms with Gasteiger partial charge >= 0.3 is 0 Å². The minimum absolute atomic E-state index is 0.0584. The Morgan fingerprint density at radius 1 is 1.21 bits per heavy atom. The van der Waals surface area contributed by atoms with Gasteiger partial charge in [0, 0.05) is 6.42 Å². The lowest BCUT2D eigenvalue weighted by atomic mass is 10.1. The number of para-hydroxylation sites is 1. The van der Waals surface area contributed by atoms with E-state index >= 15 is 0 Å². The van der Waals surface area contributed by atoms with Gasteiger partial charge in [-0.2, -0.15) is 0 Å². The van der Waals surface area contributed by atoms with E-state index in [-0.39, 0.29) is 16.5 Å². The zero-order valence-electron chi connectivity index (χ0n) is 11.1. The number of rotatable bonds is 7. The number of nitrogens with two attached hydrogens (primary N) is 1. The first kappa shape index (κ1) is 15.7. The van der Waals surface area contributed by atoms with Gasteiger partial charge in [0.1, 0.15) is 4.90 Å². The molecule has 0 fully saturated rings. The van der Waals surface area contributed by atoms with Crippen LogP contribution in [0.2, 0.25) is 0 Å². The fourth-order valence-electron chi connectivity index (χ4n) is 1.74. The van der Waals surface area contributed by atoms with Crippen molar-refractivity contribution in [1.29, 1.82) is 0 Å². The summed E-state index contributed by atoms with van der Waals surface area (Å²) in [4.78, 5) is 11.6. The largest absolute Gasteiger partial charge is 0.325 e. The summed E-state index contributed by atoms with van der Waals surface area (Å²) >= 11 is 0. The Balaban J connectivity index is 2.65. The van der Waals surface area contributed by atoms with Crippen molar-refractivity contribution in [2.45, 2.75) is 43.9 Å². The molecule has 1 aromatic rings. The quantitative estimate of drug-likeness (QED) is 0.752. The number of anilines is 1. The molecule has 0 aliphatic carbocycles. The van der Waals surface area contributed by atoms with Gasteiger partial charge < -0.3 is 5.32 Å². The van der Waals surface area contributed by atoms with Crippen molar-refractivity contribution >= 4 is 21.6 Å². The van der Waals surface area contributed by atoms with Crippen molar-refractivity contribution in [3.05, 3.63) is 24.3 Å². The van der Waals surface area contributed by atoms with Crippen LogP contribution in [0.1, 0.15) is 39.0 Å². The normalized spacial score (nSPS) is 11.3. The van der Waals surface area contributed by atoms with Crippen molar-refractivity contribution in [3.8, 4) is 0 Å². The van der Waals surface area contributed by atoms with Crippen molar-refractivity contribution in [2.75, 3.05) is 5.32 Å². The lowest BCUT2D eigenvalue weighted by molar-refractivity contribution is -0.116. The standard InChI is InChI=1S/C13H20N2O3S/c1-2-3-4-5-10-13(16)15-11-8-6-7-9-12(11)19(14,17)18/h6-9H,2-5,10H2,1H3,(H,15,16)(H2,14,17,18). The van der Waals surface area contributed by atoms with Gasteiger partial charge in [-0.25, -0.2) is 13.6 Å². The van der Waals surface area contributed by atoms with E-state index in [1.165, 1.54) is 12.1 Å². The van der Waals surface area contributed by atoms with Crippen LogP contribution in [0.5, 0.6) is 0 Å². The van der Waals surface area contributed by atoms with Gasteiger partial charge in [0.2, 0.25) is 15.9 Å². The van der Waals surface area contributed by atoms with Crippen LogP contribution in [0.4, 0.5) is 5.69 Å². The zero-order valence-corrected chi connectivity index (χ0v) is 11.9. The first-order chi connectivity index (χ1) is 8.95. The van der Waals surface area contributed by atoms with Gasteiger partial charge in [-0.1, -0.05) is 38.3 Å². The van der Waals surface area contributed by atoms with E-state index in [2.05, 4.69) is 12.2 Å². The third-order valence-electron chi connectivity index (χ3n) is 2.73. The molecule has 1 rings (SSSR count). The van der Waals surface area contributed by atoms with Gasteiger partial charge in [-0.3, -0.25) is 4.79 Å². The van der Waals surface area contributed by atoms with Crippen LogP contribution in [0.15, 0.2) is 29.2 Å². The van der Waals surface area contributed by atoms with Crippen LogP contribution in [0.3, 0.4) is 0 Å². The topological polar surface area (TPSA) is 89.3 Å². The molecule has 106 valence electrons. The molecule has 0 heterocycles. The van der Waals surface area contributed by atoms with E-state index in [1.54, 1.807) is 12.1 Å². The Kier molecular flexibility index (Phi) is 5.98. The number of carbonyl (C=O) groups excluding carboxylic acids is 1. The number of hydrogen-bond donors (Lipinski definition) is 2. The first-order valence-corrected chi connectivity index (χ1v) is 7.91. The molecule has 0 spiro atoms. The number of carbonyl (C=O) groups is 1. The molecule has 0 aromatic heterocycles. The number of amides is 1. The second-order valence-electron chi connectivity index (χ2n) is 4.40. The molecule has 1 amide bonds. The van der Waals surface area contributed by atoms with E-state index in [0.717, 1.165) is 25.7 Å². The van der Waals surface area contributed by atoms with Crippen molar-refractivity contribution in [2.24, 2.45) is 5.14 Å². The maximum atomic E-state index is 11.7. The molecule has 19 heavy (non-hydrogen) atoms. The average Bonchev–Trinajstić information content (AvgIpc) is 2.34. The third kappa shape index (κ3) is 5.40. The molecule has 0 radical (unpaired) electrons. The molecule has 0 atom stereocenters. The molecule has 0 saturated heterocycles. The smallest absolute Gasteiger partial charge is 0.240 e. The van der Waals surface area contributed by atoms with Crippen LogP contribution in [0.25, 0.3) is 0 Å². The summed E-state index contributed by atoms with van der Waals surface area (Å²) in [5, 5.41) is 7.69.